The number of rotatable bonds is 36. The lowest BCUT2D eigenvalue weighted by Gasteiger charge is -2.32. The molecule has 0 aliphatic rings. The molecule has 28 nitrogen and oxygen atoms in total. The van der Waals surface area contributed by atoms with Crippen molar-refractivity contribution in [3.63, 3.8) is 0 Å². The number of carbonyl (C=O) groups is 9. The maximum absolute atomic E-state index is 12.8. The predicted octanol–water partition coefficient (Wildman–Crippen LogP) is 5.82. The van der Waals surface area contributed by atoms with Gasteiger partial charge in [0.1, 0.15) is 44.2 Å². The number of hydrogen-bond acceptors (Lipinski definition) is 26. The van der Waals surface area contributed by atoms with Gasteiger partial charge in [-0.2, -0.15) is 26.0 Å². The fourth-order valence-corrected chi connectivity index (χ4v) is 5.89. The maximum Gasteiger partial charge on any atom is 0.347 e. The van der Waals surface area contributed by atoms with E-state index in [0.717, 1.165) is 0 Å². The molecule has 28 heteroatoms. The second-order valence-corrected chi connectivity index (χ2v) is 20.0. The normalized spacial score (nSPS) is 14.5. The maximum atomic E-state index is 12.8. The van der Waals surface area contributed by atoms with Gasteiger partial charge >= 0.3 is 41.8 Å². The molecule has 0 spiro atoms. The number of aliphatic hydroxyl groups is 2. The fourth-order valence-electron chi connectivity index (χ4n) is 5.89. The highest BCUT2D eigenvalue weighted by atomic mass is 16.6. The van der Waals surface area contributed by atoms with Gasteiger partial charge in [-0.25, -0.2) is 19.2 Å². The summed E-state index contributed by atoms with van der Waals surface area (Å²) in [5.74, 6) is -5.50. The number of azo groups is 1. The highest BCUT2D eigenvalue weighted by Gasteiger charge is 2.38. The topological polar surface area (TPSA) is 407 Å². The molecule has 0 aliphatic carbocycles. The van der Waals surface area contributed by atoms with Crippen LogP contribution in [0, 0.1) is 44.8 Å². The minimum absolute atomic E-state index is 0. The summed E-state index contributed by atoms with van der Waals surface area (Å²) >= 11 is 0. The van der Waals surface area contributed by atoms with Gasteiger partial charge in [0.2, 0.25) is 11.8 Å². The molecule has 0 heterocycles. The molecule has 9 unspecified atom stereocenters. The van der Waals surface area contributed by atoms with Crippen LogP contribution < -0.4 is 10.6 Å². The van der Waals surface area contributed by atoms with E-state index in [0.29, 0.717) is 5.57 Å². The highest BCUT2D eigenvalue weighted by Crippen LogP contribution is 2.37. The SMILES string of the molecule is C.C=C(C)C(=O)NCC(C)OC(=O)C(C)OC(=O)C(C)O.CC.CC.COCCOC(=O)CCC(C)(C#N)CC(C)(C)C(=O)NCC(C)OC(=O)C(C)OC(=O)C(C)O.COCCOC(=O)CCC(C)(C#N)N=NC(C)(C#N)CCC(=O)OCCOC. The van der Waals surface area contributed by atoms with E-state index in [1.165, 1.54) is 62.9 Å². The molecule has 0 saturated heterocycles. The Kier molecular flexibility index (Phi) is 53.3. The highest BCUT2D eigenvalue weighted by molar-refractivity contribution is 5.92. The zero-order valence-electron chi connectivity index (χ0n) is 54.2. The van der Waals surface area contributed by atoms with Crippen molar-refractivity contribution < 1.29 is 101 Å². The zero-order valence-corrected chi connectivity index (χ0v) is 54.2. The van der Waals surface area contributed by atoms with Crippen molar-refractivity contribution in [2.45, 2.75) is 211 Å². The summed E-state index contributed by atoms with van der Waals surface area (Å²) in [7, 11) is 4.48. The summed E-state index contributed by atoms with van der Waals surface area (Å²) in [6.45, 7) is 30.7. The first kappa shape index (κ1) is 91.0. The van der Waals surface area contributed by atoms with E-state index in [4.69, 9.17) is 52.8 Å². The van der Waals surface area contributed by atoms with E-state index >= 15 is 0 Å². The smallest absolute Gasteiger partial charge is 0.347 e. The third-order valence-corrected chi connectivity index (χ3v) is 10.9. The van der Waals surface area contributed by atoms with Gasteiger partial charge in [-0.1, -0.05) is 55.5 Å². The van der Waals surface area contributed by atoms with E-state index in [1.807, 2.05) is 39.8 Å². The third kappa shape index (κ3) is 46.7. The Balaban J connectivity index is -0.000000281. The van der Waals surface area contributed by atoms with Crippen LogP contribution in [0.1, 0.15) is 163 Å². The van der Waals surface area contributed by atoms with Gasteiger partial charge in [0.15, 0.2) is 23.3 Å². The van der Waals surface area contributed by atoms with Gasteiger partial charge in [-0.3, -0.25) is 24.0 Å². The molecule has 0 aliphatic heterocycles. The molecule has 0 bridgehead atoms. The van der Waals surface area contributed by atoms with Crippen LogP contribution in [0.15, 0.2) is 22.4 Å². The third-order valence-electron chi connectivity index (χ3n) is 10.9. The summed E-state index contributed by atoms with van der Waals surface area (Å²) in [4.78, 5) is 105. The Morgan fingerprint density at radius 3 is 1.13 bits per heavy atom. The lowest BCUT2D eigenvalue weighted by Crippen LogP contribution is -2.43. The van der Waals surface area contributed by atoms with Crippen LogP contribution in [-0.4, -0.2) is 186 Å². The number of nitriles is 3. The van der Waals surface area contributed by atoms with Crippen molar-refractivity contribution in [1.82, 2.24) is 10.6 Å². The monoisotopic (exact) mass is 1250 g/mol. The quantitative estimate of drug-likeness (QED) is 0.0189. The average Bonchev–Trinajstić information content (AvgIpc) is 3.18. The van der Waals surface area contributed by atoms with E-state index in [2.05, 4.69) is 38.2 Å². The van der Waals surface area contributed by atoms with Crippen molar-refractivity contribution in [3.8, 4) is 18.2 Å². The number of nitrogens with one attached hydrogen (secondary N) is 2. The molecule has 0 saturated carbocycles. The first-order valence-electron chi connectivity index (χ1n) is 28.1. The molecule has 0 aromatic rings. The summed E-state index contributed by atoms with van der Waals surface area (Å²) in [5, 5.41) is 59.7. The van der Waals surface area contributed by atoms with E-state index in [-0.39, 0.29) is 117 Å². The minimum Gasteiger partial charge on any atom is -0.463 e. The molecule has 0 radical (unpaired) electrons. The van der Waals surface area contributed by atoms with Crippen LogP contribution in [-0.2, 0) is 90.5 Å². The largest absolute Gasteiger partial charge is 0.463 e. The summed E-state index contributed by atoms with van der Waals surface area (Å²) in [6, 6.07) is 6.18. The molecule has 0 fully saturated rings. The number of amides is 2. The summed E-state index contributed by atoms with van der Waals surface area (Å²) in [5.41, 5.74) is -4.13. The van der Waals surface area contributed by atoms with Gasteiger partial charge in [-0.05, 0) is 94.9 Å². The molecule has 0 rings (SSSR count). The Morgan fingerprint density at radius 2 is 0.839 bits per heavy atom. The van der Waals surface area contributed by atoms with E-state index < -0.39 is 100 Å². The lowest BCUT2D eigenvalue weighted by atomic mass is 9.72. The van der Waals surface area contributed by atoms with Gasteiger partial charge in [0.05, 0.1) is 56.5 Å². The molecule has 500 valence electrons. The van der Waals surface area contributed by atoms with Crippen molar-refractivity contribution in [1.29, 1.82) is 15.8 Å². The second kappa shape index (κ2) is 50.9. The summed E-state index contributed by atoms with van der Waals surface area (Å²) < 4.78 is 48.8. The van der Waals surface area contributed by atoms with E-state index in [1.54, 1.807) is 41.5 Å². The molecule has 9 atom stereocenters. The standard InChI is InChI=1S/C23H38N2O9.C18H28N4O6.C13H21NO6.2C2H6.CH4/c1-15(33-20(29)17(3)34-19(28)16(2)26)12-25-21(30)22(4,5)13-23(6,14-24)9-8-18(27)32-11-10-31-7;1-17(13-19,7-5-15(23)27-11-9-25-3)21-22-18(2,14-20)8-6-16(24)28-12-10-26-4;1-7(2)11(16)14-6-8(3)19-13(18)10(5)20-12(17)9(4)15;2*1-2;/h15-17,26H,8-13H2,1-7H3,(H,25,30);5-12H2,1-4H3;8-10,15H,1,6H2,2-5H3,(H,14,16);2*1-2H3;1H4. The number of aliphatic hydroxyl groups excluding tert-OH is 2. The van der Waals surface area contributed by atoms with Crippen LogP contribution in [0.2, 0.25) is 0 Å². The van der Waals surface area contributed by atoms with Crippen LogP contribution in [0.25, 0.3) is 0 Å². The minimum atomic E-state index is -1.37. The second-order valence-electron chi connectivity index (χ2n) is 20.0. The van der Waals surface area contributed by atoms with Gasteiger partial charge in [0, 0.05) is 51.6 Å². The van der Waals surface area contributed by atoms with Crippen LogP contribution in [0.3, 0.4) is 0 Å². The molecule has 4 N–H and O–H groups in total. The molecular weight excluding hydrogens is 1140 g/mol. The molecule has 87 heavy (non-hydrogen) atoms. The number of methoxy groups -OCH3 is 3. The number of esters is 7. The van der Waals surface area contributed by atoms with Crippen molar-refractivity contribution in [2.75, 3.05) is 74.1 Å². The van der Waals surface area contributed by atoms with Crippen molar-refractivity contribution in [2.24, 2.45) is 21.1 Å². The number of ether oxygens (including phenoxy) is 10. The molecule has 0 aromatic carbocycles. The van der Waals surface area contributed by atoms with Gasteiger partial charge in [-0.15, -0.1) is 0 Å². The van der Waals surface area contributed by atoms with Crippen molar-refractivity contribution in [3.05, 3.63) is 12.2 Å². The van der Waals surface area contributed by atoms with Gasteiger partial charge in [0.25, 0.3) is 0 Å². The molecule has 2 amide bonds. The zero-order chi connectivity index (χ0) is 67.9. The lowest BCUT2D eigenvalue weighted by molar-refractivity contribution is -0.173. The Bertz CT molecular complexity index is 2170. The number of carbonyl (C=O) groups excluding carboxylic acids is 9. The Hall–Kier alpha value is -7.16. The Morgan fingerprint density at radius 1 is 0.517 bits per heavy atom. The van der Waals surface area contributed by atoms with Crippen LogP contribution in [0.4, 0.5) is 0 Å². The van der Waals surface area contributed by atoms with Crippen LogP contribution in [0.5, 0.6) is 0 Å². The average molecular weight is 1250 g/mol. The van der Waals surface area contributed by atoms with E-state index in [9.17, 15) is 58.9 Å². The van der Waals surface area contributed by atoms with Crippen molar-refractivity contribution >= 4 is 53.6 Å². The number of nitrogens with zero attached hydrogens (tertiary/aromatic N) is 5. The van der Waals surface area contributed by atoms with Crippen LogP contribution >= 0.6 is 0 Å². The first-order chi connectivity index (χ1) is 40.1. The Labute approximate surface area is 515 Å². The predicted molar refractivity (Wildman–Crippen MR) is 317 cm³/mol. The molecule has 0 aromatic heterocycles. The fraction of sp³-hybridized carbons (Fsp3) is 0.763. The first-order valence-corrected chi connectivity index (χ1v) is 28.1. The summed E-state index contributed by atoms with van der Waals surface area (Å²) in [6.07, 6.45) is -5.75. The van der Waals surface area contributed by atoms with Gasteiger partial charge < -0.3 is 68.2 Å². The number of hydrogen-bond donors (Lipinski definition) is 4. The molecular formula is C59H103N7O21.